The maximum atomic E-state index is 12.6. The first-order valence-corrected chi connectivity index (χ1v) is 9.32. The Morgan fingerprint density at radius 2 is 2.21 bits per heavy atom. The predicted molar refractivity (Wildman–Crippen MR) is 96.7 cm³/mol. The molecule has 0 unspecified atom stereocenters. The summed E-state index contributed by atoms with van der Waals surface area (Å²) < 4.78 is 2.00. The van der Waals surface area contributed by atoms with Crippen molar-refractivity contribution < 1.29 is 4.79 Å². The van der Waals surface area contributed by atoms with Crippen molar-refractivity contribution in [1.29, 1.82) is 0 Å². The van der Waals surface area contributed by atoms with Crippen molar-refractivity contribution in [2.24, 2.45) is 0 Å². The van der Waals surface area contributed by atoms with Gasteiger partial charge in [0, 0.05) is 10.8 Å². The monoisotopic (exact) mass is 362 g/mol. The van der Waals surface area contributed by atoms with E-state index in [1.165, 1.54) is 16.0 Å². The minimum Gasteiger partial charge on any atom is -0.350 e. The Morgan fingerprint density at radius 3 is 2.88 bits per heavy atom. The molecule has 0 radical (unpaired) electrons. The smallest absolute Gasteiger partial charge is 0.294 e. The Labute approximate surface area is 147 Å². The Morgan fingerprint density at radius 1 is 1.42 bits per heavy atom. The van der Waals surface area contributed by atoms with Crippen LogP contribution in [0.15, 0.2) is 22.3 Å². The summed E-state index contributed by atoms with van der Waals surface area (Å²) in [6.07, 6.45) is 0. The van der Waals surface area contributed by atoms with Crippen molar-refractivity contribution in [1.82, 2.24) is 20.1 Å². The van der Waals surface area contributed by atoms with Crippen LogP contribution < -0.4 is 10.9 Å². The molecule has 3 aromatic rings. The van der Waals surface area contributed by atoms with E-state index in [-0.39, 0.29) is 23.9 Å². The van der Waals surface area contributed by atoms with Crippen LogP contribution >= 0.6 is 22.7 Å². The van der Waals surface area contributed by atoms with E-state index < -0.39 is 0 Å². The van der Waals surface area contributed by atoms with Crippen molar-refractivity contribution in [2.75, 3.05) is 0 Å². The van der Waals surface area contributed by atoms with E-state index in [1.54, 1.807) is 11.3 Å². The third kappa shape index (κ3) is 3.39. The molecule has 6 nitrogen and oxygen atoms in total. The first-order valence-electron chi connectivity index (χ1n) is 7.63. The lowest BCUT2D eigenvalue weighted by Crippen LogP contribution is -2.33. The van der Waals surface area contributed by atoms with E-state index in [0.29, 0.717) is 12.1 Å². The van der Waals surface area contributed by atoms with E-state index >= 15 is 0 Å². The molecular formula is C16H18N4O2S2. The lowest BCUT2D eigenvalue weighted by atomic mass is 10.2. The van der Waals surface area contributed by atoms with Crippen molar-refractivity contribution >= 4 is 38.8 Å². The highest BCUT2D eigenvalue weighted by Crippen LogP contribution is 2.26. The van der Waals surface area contributed by atoms with Crippen LogP contribution in [-0.2, 0) is 17.9 Å². The molecule has 0 fully saturated rings. The van der Waals surface area contributed by atoms with Crippen molar-refractivity contribution in [3.8, 4) is 0 Å². The van der Waals surface area contributed by atoms with Gasteiger partial charge in [0.05, 0.1) is 21.9 Å². The Kier molecular flexibility index (Phi) is 4.77. The summed E-state index contributed by atoms with van der Waals surface area (Å²) in [4.78, 5) is 30.2. The van der Waals surface area contributed by atoms with Gasteiger partial charge in [0.15, 0.2) is 5.52 Å². The first kappa shape index (κ1) is 16.8. The van der Waals surface area contributed by atoms with Gasteiger partial charge < -0.3 is 5.32 Å². The second-order valence-corrected chi connectivity index (χ2v) is 7.85. The highest BCUT2D eigenvalue weighted by molar-refractivity contribution is 7.18. The van der Waals surface area contributed by atoms with Gasteiger partial charge in [-0.2, -0.15) is 5.10 Å². The molecule has 1 amide bonds. The molecular weight excluding hydrogens is 344 g/mol. The standard InChI is InChI=1S/C16H18N4O2S2/c1-9(2)15-18-13-14(24-15)10(3)19-20(16(13)22)8-12(21)17-7-11-5-4-6-23-11/h4-6,9H,7-8H2,1-3H3,(H,17,21). The van der Waals surface area contributed by atoms with Crippen LogP contribution in [0.5, 0.6) is 0 Å². The molecule has 3 aromatic heterocycles. The van der Waals surface area contributed by atoms with Gasteiger partial charge in [0.2, 0.25) is 5.91 Å². The second-order valence-electron chi connectivity index (χ2n) is 5.79. The molecule has 1 N–H and O–H groups in total. The maximum Gasteiger partial charge on any atom is 0.294 e. The number of amides is 1. The number of aromatic nitrogens is 3. The molecule has 0 spiro atoms. The molecule has 0 saturated carbocycles. The molecule has 0 aliphatic heterocycles. The van der Waals surface area contributed by atoms with Crippen LogP contribution in [0.3, 0.4) is 0 Å². The van der Waals surface area contributed by atoms with Gasteiger partial charge in [-0.25, -0.2) is 9.67 Å². The molecule has 0 aromatic carbocycles. The summed E-state index contributed by atoms with van der Waals surface area (Å²) in [5.41, 5.74) is 0.812. The van der Waals surface area contributed by atoms with Gasteiger partial charge in [0.1, 0.15) is 6.54 Å². The number of hydrogen-bond donors (Lipinski definition) is 1. The molecule has 0 saturated heterocycles. The SMILES string of the molecule is Cc1nn(CC(=O)NCc2cccs2)c(=O)c2nc(C(C)C)sc12. The summed E-state index contributed by atoms with van der Waals surface area (Å²) in [5, 5.41) is 9.95. The topological polar surface area (TPSA) is 76.9 Å². The number of nitrogens with zero attached hydrogens (tertiary/aromatic N) is 3. The summed E-state index contributed by atoms with van der Waals surface area (Å²) >= 11 is 3.07. The average molecular weight is 362 g/mol. The number of hydrogen-bond acceptors (Lipinski definition) is 6. The Hall–Kier alpha value is -2.06. The summed E-state index contributed by atoms with van der Waals surface area (Å²) in [5.74, 6) is 0.0137. The molecule has 3 rings (SSSR count). The number of nitrogens with one attached hydrogen (secondary N) is 1. The maximum absolute atomic E-state index is 12.6. The number of rotatable bonds is 5. The molecule has 126 valence electrons. The summed E-state index contributed by atoms with van der Waals surface area (Å²) in [7, 11) is 0. The van der Waals surface area contributed by atoms with Crippen molar-refractivity contribution in [3.05, 3.63) is 43.4 Å². The fourth-order valence-corrected chi connectivity index (χ4v) is 3.91. The van der Waals surface area contributed by atoms with Crippen LogP contribution in [0, 0.1) is 6.92 Å². The lowest BCUT2D eigenvalue weighted by molar-refractivity contribution is -0.122. The third-order valence-electron chi connectivity index (χ3n) is 3.51. The predicted octanol–water partition coefficient (Wildman–Crippen LogP) is 2.66. The fraction of sp³-hybridized carbons (Fsp3) is 0.375. The average Bonchev–Trinajstić information content (AvgIpc) is 3.19. The normalized spacial score (nSPS) is 11.3. The highest BCUT2D eigenvalue weighted by atomic mass is 32.1. The number of aryl methyl sites for hydroxylation is 1. The minimum absolute atomic E-state index is 0.102. The fourth-order valence-electron chi connectivity index (χ4n) is 2.27. The molecule has 0 aliphatic rings. The molecule has 8 heteroatoms. The van der Waals surface area contributed by atoms with Gasteiger partial charge in [-0.3, -0.25) is 9.59 Å². The zero-order chi connectivity index (χ0) is 17.3. The quantitative estimate of drug-likeness (QED) is 0.757. The van der Waals surface area contributed by atoms with E-state index in [0.717, 1.165) is 20.3 Å². The third-order valence-corrected chi connectivity index (χ3v) is 5.85. The number of thiazole rings is 1. The Bertz CT molecular complexity index is 926. The van der Waals surface area contributed by atoms with Crippen LogP contribution in [0.1, 0.15) is 35.3 Å². The van der Waals surface area contributed by atoms with Gasteiger partial charge in [-0.1, -0.05) is 19.9 Å². The number of carbonyl (C=O) groups excluding carboxylic acids is 1. The number of thiophene rings is 1. The van der Waals surface area contributed by atoms with Gasteiger partial charge in [-0.15, -0.1) is 22.7 Å². The van der Waals surface area contributed by atoms with Crippen LogP contribution in [0.25, 0.3) is 10.2 Å². The van der Waals surface area contributed by atoms with Crippen LogP contribution in [-0.4, -0.2) is 20.7 Å². The minimum atomic E-state index is -0.315. The first-order chi connectivity index (χ1) is 11.5. The second kappa shape index (κ2) is 6.82. The number of fused-ring (bicyclic) bond motifs is 1. The van der Waals surface area contributed by atoms with E-state index in [2.05, 4.69) is 15.4 Å². The summed E-state index contributed by atoms with van der Waals surface area (Å²) in [6, 6.07) is 3.89. The molecule has 3 heterocycles. The summed E-state index contributed by atoms with van der Waals surface area (Å²) in [6.45, 7) is 6.27. The zero-order valence-electron chi connectivity index (χ0n) is 13.7. The molecule has 24 heavy (non-hydrogen) atoms. The van der Waals surface area contributed by atoms with E-state index in [9.17, 15) is 9.59 Å². The van der Waals surface area contributed by atoms with Crippen LogP contribution in [0.2, 0.25) is 0 Å². The van der Waals surface area contributed by atoms with E-state index in [1.807, 2.05) is 38.3 Å². The lowest BCUT2D eigenvalue weighted by Gasteiger charge is -2.06. The largest absolute Gasteiger partial charge is 0.350 e. The zero-order valence-corrected chi connectivity index (χ0v) is 15.3. The molecule has 0 atom stereocenters. The van der Waals surface area contributed by atoms with Crippen LogP contribution in [0.4, 0.5) is 0 Å². The highest BCUT2D eigenvalue weighted by Gasteiger charge is 2.16. The molecule has 0 aliphatic carbocycles. The van der Waals surface area contributed by atoms with Gasteiger partial charge in [0.25, 0.3) is 5.56 Å². The van der Waals surface area contributed by atoms with Crippen molar-refractivity contribution in [3.63, 3.8) is 0 Å². The molecule has 0 bridgehead atoms. The van der Waals surface area contributed by atoms with Crippen molar-refractivity contribution in [2.45, 2.75) is 39.8 Å². The van der Waals surface area contributed by atoms with Gasteiger partial charge in [-0.05, 0) is 18.4 Å². The Balaban J connectivity index is 1.82. The number of carbonyl (C=O) groups is 1. The van der Waals surface area contributed by atoms with Gasteiger partial charge >= 0.3 is 0 Å². The van der Waals surface area contributed by atoms with E-state index in [4.69, 9.17) is 0 Å².